The molecule has 0 aromatic rings. The van der Waals surface area contributed by atoms with Gasteiger partial charge in [-0.2, -0.15) is 0 Å². The topological polar surface area (TPSA) is 75.4 Å². The maximum atomic E-state index is 11.0. The van der Waals surface area contributed by atoms with Crippen molar-refractivity contribution in [1.82, 2.24) is 5.32 Å². The van der Waals surface area contributed by atoms with E-state index in [1.165, 1.54) is 0 Å². The van der Waals surface area contributed by atoms with E-state index in [-0.39, 0.29) is 17.9 Å². The number of carbonyl (C=O) groups excluding carboxylic acids is 1. The average Bonchev–Trinajstić information content (AvgIpc) is 2.48. The minimum atomic E-state index is -0.224. The van der Waals surface area contributed by atoms with Crippen LogP contribution in [-0.4, -0.2) is 30.2 Å². The number of rotatable bonds is 4. The van der Waals surface area contributed by atoms with Gasteiger partial charge in [0.2, 0.25) is 5.91 Å². The van der Waals surface area contributed by atoms with Crippen molar-refractivity contribution in [3.63, 3.8) is 0 Å². The molecule has 76 valence electrons. The van der Waals surface area contributed by atoms with E-state index in [1.54, 1.807) is 0 Å². The molecule has 0 bridgehead atoms. The Hall–Kier alpha value is -0.610. The molecule has 0 spiro atoms. The summed E-state index contributed by atoms with van der Waals surface area (Å²) in [5.74, 6) is 0.239. The van der Waals surface area contributed by atoms with E-state index >= 15 is 0 Å². The van der Waals surface area contributed by atoms with E-state index in [1.807, 2.05) is 0 Å². The van der Waals surface area contributed by atoms with Gasteiger partial charge in [0.25, 0.3) is 0 Å². The lowest BCUT2D eigenvalue weighted by Crippen LogP contribution is -2.33. The van der Waals surface area contributed by atoms with Crippen molar-refractivity contribution in [3.8, 4) is 0 Å². The summed E-state index contributed by atoms with van der Waals surface area (Å²) >= 11 is 0. The highest BCUT2D eigenvalue weighted by Crippen LogP contribution is 2.24. The van der Waals surface area contributed by atoms with Gasteiger partial charge in [-0.1, -0.05) is 6.42 Å². The summed E-state index contributed by atoms with van der Waals surface area (Å²) in [6.45, 7) is 0.985. The second-order valence-electron chi connectivity index (χ2n) is 3.60. The Morgan fingerprint density at radius 3 is 2.85 bits per heavy atom. The van der Waals surface area contributed by atoms with Crippen molar-refractivity contribution in [2.45, 2.75) is 31.8 Å². The fourth-order valence-electron chi connectivity index (χ4n) is 1.72. The summed E-state index contributed by atoms with van der Waals surface area (Å²) in [5, 5.41) is 12.2. The van der Waals surface area contributed by atoms with E-state index < -0.39 is 0 Å². The summed E-state index contributed by atoms with van der Waals surface area (Å²) in [6, 6.07) is 0. The molecule has 1 saturated carbocycles. The van der Waals surface area contributed by atoms with Crippen LogP contribution in [0.2, 0.25) is 0 Å². The number of nitrogens with two attached hydrogens (primary N) is 1. The largest absolute Gasteiger partial charge is 0.393 e. The number of hydrogen-bond donors (Lipinski definition) is 3. The minimum absolute atomic E-state index is 0.0124. The van der Waals surface area contributed by atoms with Crippen LogP contribution in [0, 0.1) is 5.92 Å². The van der Waals surface area contributed by atoms with E-state index in [0.717, 1.165) is 19.3 Å². The first-order valence-corrected chi connectivity index (χ1v) is 4.89. The molecule has 1 amide bonds. The van der Waals surface area contributed by atoms with Crippen molar-refractivity contribution in [2.75, 3.05) is 13.1 Å². The molecule has 2 atom stereocenters. The van der Waals surface area contributed by atoms with Gasteiger partial charge in [-0.25, -0.2) is 0 Å². The predicted molar refractivity (Wildman–Crippen MR) is 50.0 cm³/mol. The molecule has 1 rings (SSSR count). The van der Waals surface area contributed by atoms with Crippen LogP contribution in [0.25, 0.3) is 0 Å². The first kappa shape index (κ1) is 10.5. The van der Waals surface area contributed by atoms with Crippen LogP contribution in [0.1, 0.15) is 25.7 Å². The molecular weight excluding hydrogens is 168 g/mol. The van der Waals surface area contributed by atoms with Crippen molar-refractivity contribution in [3.05, 3.63) is 0 Å². The van der Waals surface area contributed by atoms with Crippen LogP contribution in [0.3, 0.4) is 0 Å². The van der Waals surface area contributed by atoms with Gasteiger partial charge in [-0.15, -0.1) is 0 Å². The van der Waals surface area contributed by atoms with E-state index in [0.29, 0.717) is 19.5 Å². The third-order valence-corrected chi connectivity index (χ3v) is 2.55. The number of aliphatic hydroxyl groups is 1. The second kappa shape index (κ2) is 5.19. The van der Waals surface area contributed by atoms with Gasteiger partial charge in [0.15, 0.2) is 0 Å². The molecule has 13 heavy (non-hydrogen) atoms. The summed E-state index contributed by atoms with van der Waals surface area (Å²) in [6.07, 6.45) is 3.11. The molecule has 0 aromatic carbocycles. The van der Waals surface area contributed by atoms with Crippen molar-refractivity contribution < 1.29 is 9.90 Å². The molecule has 1 aliphatic rings. The third-order valence-electron chi connectivity index (χ3n) is 2.55. The average molecular weight is 186 g/mol. The van der Waals surface area contributed by atoms with E-state index in [4.69, 9.17) is 5.73 Å². The van der Waals surface area contributed by atoms with Crippen LogP contribution in [-0.2, 0) is 4.79 Å². The number of carbonyl (C=O) groups is 1. The Morgan fingerprint density at radius 1 is 1.54 bits per heavy atom. The molecule has 0 radical (unpaired) electrons. The van der Waals surface area contributed by atoms with Gasteiger partial charge >= 0.3 is 0 Å². The van der Waals surface area contributed by atoms with Gasteiger partial charge in [0, 0.05) is 25.4 Å². The Balaban J connectivity index is 2.14. The van der Waals surface area contributed by atoms with Crippen molar-refractivity contribution >= 4 is 5.91 Å². The summed E-state index contributed by atoms with van der Waals surface area (Å²) in [7, 11) is 0. The second-order valence-corrected chi connectivity index (χ2v) is 3.60. The molecule has 4 heteroatoms. The van der Waals surface area contributed by atoms with Crippen LogP contribution in [0.5, 0.6) is 0 Å². The Bertz CT molecular complexity index is 173. The Morgan fingerprint density at radius 2 is 2.31 bits per heavy atom. The quantitative estimate of drug-likeness (QED) is 0.560. The highest BCUT2D eigenvalue weighted by atomic mass is 16.3. The maximum absolute atomic E-state index is 11.0. The number of aliphatic hydroxyl groups excluding tert-OH is 1. The standard InChI is InChI=1S/C9H18N2O2/c10-5-4-9(13)11-6-7-2-1-3-8(7)12/h7-8,12H,1-6,10H2,(H,11,13). The molecule has 4 N–H and O–H groups in total. The van der Waals surface area contributed by atoms with Crippen LogP contribution in [0.15, 0.2) is 0 Å². The van der Waals surface area contributed by atoms with E-state index in [9.17, 15) is 9.90 Å². The zero-order valence-electron chi connectivity index (χ0n) is 7.83. The highest BCUT2D eigenvalue weighted by molar-refractivity contribution is 5.75. The molecule has 0 heterocycles. The normalized spacial score (nSPS) is 27.5. The highest BCUT2D eigenvalue weighted by Gasteiger charge is 2.24. The fraction of sp³-hybridized carbons (Fsp3) is 0.889. The van der Waals surface area contributed by atoms with Crippen LogP contribution < -0.4 is 11.1 Å². The molecule has 1 fully saturated rings. The Kier molecular flexibility index (Phi) is 4.18. The first-order chi connectivity index (χ1) is 6.24. The van der Waals surface area contributed by atoms with Crippen LogP contribution in [0.4, 0.5) is 0 Å². The van der Waals surface area contributed by atoms with Gasteiger partial charge in [-0.3, -0.25) is 4.79 Å². The zero-order chi connectivity index (χ0) is 9.68. The summed E-state index contributed by atoms with van der Waals surface area (Å²) in [5.41, 5.74) is 5.23. The van der Waals surface area contributed by atoms with Crippen LogP contribution >= 0.6 is 0 Å². The third kappa shape index (κ3) is 3.32. The first-order valence-electron chi connectivity index (χ1n) is 4.89. The number of amides is 1. The van der Waals surface area contributed by atoms with Gasteiger partial charge in [0.05, 0.1) is 6.10 Å². The molecule has 0 aromatic heterocycles. The minimum Gasteiger partial charge on any atom is -0.393 e. The SMILES string of the molecule is NCCC(=O)NCC1CCCC1O. The fourth-order valence-corrected chi connectivity index (χ4v) is 1.72. The van der Waals surface area contributed by atoms with Crippen molar-refractivity contribution in [1.29, 1.82) is 0 Å². The van der Waals surface area contributed by atoms with Gasteiger partial charge in [0.1, 0.15) is 0 Å². The zero-order valence-corrected chi connectivity index (χ0v) is 7.83. The predicted octanol–water partition coefficient (Wildman–Crippen LogP) is -0.388. The molecule has 1 aliphatic carbocycles. The number of nitrogens with one attached hydrogen (secondary N) is 1. The maximum Gasteiger partial charge on any atom is 0.221 e. The molecule has 4 nitrogen and oxygen atoms in total. The number of hydrogen-bond acceptors (Lipinski definition) is 3. The lowest BCUT2D eigenvalue weighted by atomic mass is 10.1. The van der Waals surface area contributed by atoms with Gasteiger partial charge < -0.3 is 16.2 Å². The lowest BCUT2D eigenvalue weighted by molar-refractivity contribution is -0.121. The summed E-state index contributed by atoms with van der Waals surface area (Å²) < 4.78 is 0. The van der Waals surface area contributed by atoms with E-state index in [2.05, 4.69) is 5.32 Å². The molecular formula is C9H18N2O2. The van der Waals surface area contributed by atoms with Crippen molar-refractivity contribution in [2.24, 2.45) is 11.7 Å². The molecule has 0 saturated heterocycles. The van der Waals surface area contributed by atoms with Gasteiger partial charge in [-0.05, 0) is 12.8 Å². The lowest BCUT2D eigenvalue weighted by Gasteiger charge is -2.14. The molecule has 0 aliphatic heterocycles. The Labute approximate surface area is 78.5 Å². The summed E-state index contributed by atoms with van der Waals surface area (Å²) in [4.78, 5) is 11.0. The molecule has 2 unspecified atom stereocenters. The smallest absolute Gasteiger partial charge is 0.221 e. The monoisotopic (exact) mass is 186 g/mol.